The molecule has 1 aromatic carbocycles. The van der Waals surface area contributed by atoms with E-state index >= 15 is 0 Å². The number of nitrogens with two attached hydrogens (primary N) is 1. The summed E-state index contributed by atoms with van der Waals surface area (Å²) in [6, 6.07) is 5.60. The Balaban J connectivity index is 2.20. The smallest absolute Gasteiger partial charge is 0.275 e. The zero-order valence-corrected chi connectivity index (χ0v) is 9.08. The van der Waals surface area contributed by atoms with Crippen molar-refractivity contribution in [2.24, 2.45) is 0 Å². The van der Waals surface area contributed by atoms with Gasteiger partial charge in [-0.15, -0.1) is 0 Å². The Morgan fingerprint density at radius 2 is 2.28 bits per heavy atom. The van der Waals surface area contributed by atoms with Crippen LogP contribution < -0.4 is 11.1 Å². The second kappa shape index (κ2) is 4.53. The van der Waals surface area contributed by atoms with Crippen LogP contribution >= 0.6 is 0 Å². The molecule has 0 radical (unpaired) electrons. The van der Waals surface area contributed by atoms with Crippen molar-refractivity contribution in [3.05, 3.63) is 46.4 Å². The summed E-state index contributed by atoms with van der Waals surface area (Å²) in [5, 5.41) is 13.1. The van der Waals surface area contributed by atoms with E-state index in [1.165, 1.54) is 30.6 Å². The minimum atomic E-state index is -0.541. The standard InChI is InChI=1S/C10H9N5O3/c11-9-8(12-5-13-9)10(16)14-6-2-1-3-7(4-6)15(17)18/h1-5H,11H2,(H,12,13)(H,14,16). The number of nitrogens with one attached hydrogen (secondary N) is 2. The van der Waals surface area contributed by atoms with E-state index in [0.29, 0.717) is 5.69 Å². The number of imidazole rings is 1. The van der Waals surface area contributed by atoms with Gasteiger partial charge in [-0.05, 0) is 6.07 Å². The fourth-order valence-electron chi connectivity index (χ4n) is 1.38. The van der Waals surface area contributed by atoms with Gasteiger partial charge in [-0.2, -0.15) is 0 Å². The zero-order chi connectivity index (χ0) is 13.1. The molecule has 0 bridgehead atoms. The first-order chi connectivity index (χ1) is 8.58. The van der Waals surface area contributed by atoms with Crippen molar-refractivity contribution >= 4 is 23.1 Å². The normalized spacial score (nSPS) is 10.0. The lowest BCUT2D eigenvalue weighted by Gasteiger charge is -2.03. The van der Waals surface area contributed by atoms with Crippen molar-refractivity contribution in [2.45, 2.75) is 0 Å². The predicted molar refractivity (Wildman–Crippen MR) is 64.0 cm³/mol. The molecule has 0 unspecified atom stereocenters. The third-order valence-electron chi connectivity index (χ3n) is 2.21. The van der Waals surface area contributed by atoms with Gasteiger partial charge in [0.05, 0.1) is 11.3 Å². The highest BCUT2D eigenvalue weighted by atomic mass is 16.6. The fraction of sp³-hybridized carbons (Fsp3) is 0. The molecule has 92 valence electrons. The van der Waals surface area contributed by atoms with Gasteiger partial charge in [-0.25, -0.2) is 4.98 Å². The van der Waals surface area contributed by atoms with Gasteiger partial charge in [0.15, 0.2) is 5.82 Å². The van der Waals surface area contributed by atoms with E-state index in [1.807, 2.05) is 0 Å². The van der Waals surface area contributed by atoms with Gasteiger partial charge in [0.1, 0.15) is 5.69 Å². The number of amides is 1. The first kappa shape index (κ1) is 11.6. The van der Waals surface area contributed by atoms with Crippen LogP contribution in [0.3, 0.4) is 0 Å². The molecule has 0 saturated heterocycles. The van der Waals surface area contributed by atoms with Crippen molar-refractivity contribution in [2.75, 3.05) is 11.1 Å². The molecule has 4 N–H and O–H groups in total. The van der Waals surface area contributed by atoms with E-state index in [2.05, 4.69) is 15.3 Å². The summed E-state index contributed by atoms with van der Waals surface area (Å²) in [7, 11) is 0. The van der Waals surface area contributed by atoms with Crippen LogP contribution in [0.25, 0.3) is 0 Å². The SMILES string of the molecule is Nc1nc[nH]c1C(=O)Nc1cccc([N+](=O)[O-])c1. The molecule has 1 amide bonds. The monoisotopic (exact) mass is 247 g/mol. The van der Waals surface area contributed by atoms with Crippen molar-refractivity contribution in [1.29, 1.82) is 0 Å². The molecular weight excluding hydrogens is 238 g/mol. The molecule has 0 atom stereocenters. The third kappa shape index (κ3) is 2.26. The average Bonchev–Trinajstić information content (AvgIpc) is 2.76. The molecule has 1 aromatic heterocycles. The number of nitro groups is 1. The fourth-order valence-corrected chi connectivity index (χ4v) is 1.38. The minimum Gasteiger partial charge on any atom is -0.382 e. The van der Waals surface area contributed by atoms with Crippen LogP contribution in [0.2, 0.25) is 0 Å². The predicted octanol–water partition coefficient (Wildman–Crippen LogP) is 1.15. The number of anilines is 2. The maximum atomic E-state index is 11.7. The molecule has 0 aliphatic heterocycles. The number of nitrogens with zero attached hydrogens (tertiary/aromatic N) is 2. The van der Waals surface area contributed by atoms with Crippen molar-refractivity contribution in [1.82, 2.24) is 9.97 Å². The molecule has 8 nitrogen and oxygen atoms in total. The van der Waals surface area contributed by atoms with Gasteiger partial charge in [0, 0.05) is 17.8 Å². The number of carbonyl (C=O) groups is 1. The summed E-state index contributed by atoms with van der Waals surface area (Å²) in [6.45, 7) is 0. The second-order valence-electron chi connectivity index (χ2n) is 3.42. The number of H-pyrrole nitrogens is 1. The highest BCUT2D eigenvalue weighted by Crippen LogP contribution is 2.18. The quantitative estimate of drug-likeness (QED) is 0.553. The Kier molecular flexibility index (Phi) is 2.92. The van der Waals surface area contributed by atoms with Gasteiger partial charge < -0.3 is 16.0 Å². The molecule has 2 rings (SSSR count). The van der Waals surface area contributed by atoms with Crippen LogP contribution in [-0.4, -0.2) is 20.8 Å². The molecule has 0 spiro atoms. The number of nitrogen functional groups attached to an aromatic ring is 1. The van der Waals surface area contributed by atoms with Gasteiger partial charge >= 0.3 is 0 Å². The van der Waals surface area contributed by atoms with E-state index in [9.17, 15) is 14.9 Å². The van der Waals surface area contributed by atoms with Gasteiger partial charge in [0.2, 0.25) is 0 Å². The van der Waals surface area contributed by atoms with Crippen LogP contribution in [0, 0.1) is 10.1 Å². The van der Waals surface area contributed by atoms with Gasteiger partial charge in [-0.3, -0.25) is 14.9 Å². The lowest BCUT2D eigenvalue weighted by Crippen LogP contribution is -2.14. The van der Waals surface area contributed by atoms with Gasteiger partial charge in [0.25, 0.3) is 11.6 Å². The topological polar surface area (TPSA) is 127 Å². The number of benzene rings is 1. The minimum absolute atomic E-state index is 0.0675. The summed E-state index contributed by atoms with van der Waals surface area (Å²) in [4.78, 5) is 28.0. The first-order valence-corrected chi connectivity index (χ1v) is 4.92. The van der Waals surface area contributed by atoms with Crippen molar-refractivity contribution < 1.29 is 9.72 Å². The number of carbonyl (C=O) groups excluding carboxylic acids is 1. The number of rotatable bonds is 3. The number of nitro benzene ring substituents is 1. The Hall–Kier alpha value is -2.90. The molecule has 2 aromatic rings. The molecule has 0 saturated carbocycles. The van der Waals surface area contributed by atoms with Crippen LogP contribution in [0.15, 0.2) is 30.6 Å². The second-order valence-corrected chi connectivity index (χ2v) is 3.42. The summed E-state index contributed by atoms with van der Waals surface area (Å²) in [5.74, 6) is -0.441. The third-order valence-corrected chi connectivity index (χ3v) is 2.21. The summed E-state index contributed by atoms with van der Waals surface area (Å²) in [5.41, 5.74) is 5.78. The number of hydrogen-bond donors (Lipinski definition) is 3. The lowest BCUT2D eigenvalue weighted by atomic mass is 10.2. The Morgan fingerprint density at radius 3 is 2.89 bits per heavy atom. The number of aromatic nitrogens is 2. The molecule has 0 aliphatic rings. The maximum absolute atomic E-state index is 11.7. The maximum Gasteiger partial charge on any atom is 0.275 e. The van der Waals surface area contributed by atoms with Crippen molar-refractivity contribution in [3.63, 3.8) is 0 Å². The number of aromatic amines is 1. The summed E-state index contributed by atoms with van der Waals surface area (Å²) in [6.07, 6.45) is 1.29. The molecule has 0 aliphatic carbocycles. The molecule has 1 heterocycles. The Bertz CT molecular complexity index is 607. The van der Waals surface area contributed by atoms with E-state index < -0.39 is 10.8 Å². The number of hydrogen-bond acceptors (Lipinski definition) is 5. The highest BCUT2D eigenvalue weighted by Gasteiger charge is 2.13. The Morgan fingerprint density at radius 1 is 1.50 bits per heavy atom. The van der Waals surface area contributed by atoms with Crippen LogP contribution in [0.1, 0.15) is 10.5 Å². The van der Waals surface area contributed by atoms with Crippen LogP contribution in [0.5, 0.6) is 0 Å². The van der Waals surface area contributed by atoms with Crippen LogP contribution in [0.4, 0.5) is 17.2 Å². The molecular formula is C10H9N5O3. The average molecular weight is 247 g/mol. The Labute approximate surface area is 101 Å². The summed E-state index contributed by atoms with van der Waals surface area (Å²) >= 11 is 0. The lowest BCUT2D eigenvalue weighted by molar-refractivity contribution is -0.384. The van der Waals surface area contributed by atoms with E-state index in [1.54, 1.807) is 0 Å². The molecule has 18 heavy (non-hydrogen) atoms. The largest absolute Gasteiger partial charge is 0.382 e. The molecule has 8 heteroatoms. The van der Waals surface area contributed by atoms with E-state index in [0.717, 1.165) is 0 Å². The van der Waals surface area contributed by atoms with Crippen molar-refractivity contribution in [3.8, 4) is 0 Å². The first-order valence-electron chi connectivity index (χ1n) is 4.92. The van der Waals surface area contributed by atoms with Crippen LogP contribution in [-0.2, 0) is 0 Å². The van der Waals surface area contributed by atoms with E-state index in [4.69, 9.17) is 5.73 Å². The van der Waals surface area contributed by atoms with E-state index in [-0.39, 0.29) is 17.2 Å². The van der Waals surface area contributed by atoms with Gasteiger partial charge in [-0.1, -0.05) is 6.07 Å². The zero-order valence-electron chi connectivity index (χ0n) is 9.08. The highest BCUT2D eigenvalue weighted by molar-refractivity contribution is 6.05. The summed E-state index contributed by atoms with van der Waals surface area (Å²) < 4.78 is 0. The molecule has 0 fully saturated rings. The number of non-ortho nitro benzene ring substituents is 1.